The zero-order chi connectivity index (χ0) is 12.3. The Balaban J connectivity index is 2.26. The van der Waals surface area contributed by atoms with Crippen LogP contribution in [0.3, 0.4) is 0 Å². The molecule has 0 N–H and O–H groups in total. The first-order valence-electron chi connectivity index (χ1n) is 7.81. The maximum atomic E-state index is 11.5. The number of carbonyl (C=O) groups excluding carboxylic acids is 1. The summed E-state index contributed by atoms with van der Waals surface area (Å²) in [7, 11) is 0. The van der Waals surface area contributed by atoms with Crippen molar-refractivity contribution in [3.05, 3.63) is 0 Å². The van der Waals surface area contributed by atoms with E-state index in [1.165, 1.54) is 70.6 Å². The first-order valence-corrected chi connectivity index (χ1v) is 7.81. The molecule has 0 amide bonds. The fraction of sp³-hybridized carbons (Fsp3) is 0.938. The van der Waals surface area contributed by atoms with Gasteiger partial charge in [0.1, 0.15) is 5.78 Å². The van der Waals surface area contributed by atoms with Crippen LogP contribution in [-0.2, 0) is 4.79 Å². The predicted molar refractivity (Wildman–Crippen MR) is 74.2 cm³/mol. The Morgan fingerprint density at radius 2 is 0.941 bits per heavy atom. The molecule has 1 heteroatoms. The lowest BCUT2D eigenvalue weighted by atomic mass is 9.91. The first kappa shape index (κ1) is 14.7. The fourth-order valence-corrected chi connectivity index (χ4v) is 2.92. The summed E-state index contributed by atoms with van der Waals surface area (Å²) in [5.41, 5.74) is 0. The topological polar surface area (TPSA) is 17.1 Å². The number of hydrogen-bond acceptors (Lipinski definition) is 1. The average molecular weight is 238 g/mol. The third-order valence-electron chi connectivity index (χ3n) is 4.18. The third kappa shape index (κ3) is 7.57. The van der Waals surface area contributed by atoms with Gasteiger partial charge in [-0.2, -0.15) is 0 Å². The molecule has 0 radical (unpaired) electrons. The highest BCUT2D eigenvalue weighted by atomic mass is 16.1. The SMILES string of the molecule is CC(=O)C1CCCCCCCCCCCCC1. The van der Waals surface area contributed by atoms with Gasteiger partial charge in [0.15, 0.2) is 0 Å². The summed E-state index contributed by atoms with van der Waals surface area (Å²) in [5.74, 6) is 0.801. The van der Waals surface area contributed by atoms with E-state index >= 15 is 0 Å². The van der Waals surface area contributed by atoms with Gasteiger partial charge in [0.05, 0.1) is 0 Å². The van der Waals surface area contributed by atoms with E-state index < -0.39 is 0 Å². The molecule has 0 aromatic rings. The molecule has 17 heavy (non-hydrogen) atoms. The highest BCUT2D eigenvalue weighted by Crippen LogP contribution is 2.21. The maximum absolute atomic E-state index is 11.5. The number of rotatable bonds is 1. The molecule has 0 bridgehead atoms. The van der Waals surface area contributed by atoms with Crippen molar-refractivity contribution in [3.63, 3.8) is 0 Å². The van der Waals surface area contributed by atoms with Gasteiger partial charge in [0.25, 0.3) is 0 Å². The molecule has 0 aliphatic heterocycles. The standard InChI is InChI=1S/C16H30O/c1-15(17)16-13-11-9-7-5-3-2-4-6-8-10-12-14-16/h16H,2-14H2,1H3. The second-order valence-electron chi connectivity index (χ2n) is 5.77. The van der Waals surface area contributed by atoms with E-state index in [9.17, 15) is 4.79 Å². The number of Topliss-reactive ketones (excluding diaryl/α,β-unsaturated/α-hetero) is 1. The minimum atomic E-state index is 0.373. The van der Waals surface area contributed by atoms with Crippen molar-refractivity contribution in [1.29, 1.82) is 0 Å². The molecule has 1 aliphatic rings. The van der Waals surface area contributed by atoms with Crippen molar-refractivity contribution in [2.24, 2.45) is 5.92 Å². The summed E-state index contributed by atoms with van der Waals surface area (Å²) in [5, 5.41) is 0. The molecule has 0 atom stereocenters. The van der Waals surface area contributed by atoms with Crippen LogP contribution < -0.4 is 0 Å². The molecule has 1 saturated carbocycles. The smallest absolute Gasteiger partial charge is 0.132 e. The summed E-state index contributed by atoms with van der Waals surface area (Å²) in [4.78, 5) is 11.5. The lowest BCUT2D eigenvalue weighted by Crippen LogP contribution is -2.11. The second-order valence-corrected chi connectivity index (χ2v) is 5.77. The maximum Gasteiger partial charge on any atom is 0.132 e. The van der Waals surface area contributed by atoms with Gasteiger partial charge < -0.3 is 0 Å². The Labute approximate surface area is 107 Å². The van der Waals surface area contributed by atoms with E-state index in [1.54, 1.807) is 6.92 Å². The molecule has 0 spiro atoms. The van der Waals surface area contributed by atoms with E-state index in [-0.39, 0.29) is 0 Å². The Hall–Kier alpha value is -0.330. The molecular formula is C16H30O. The van der Waals surface area contributed by atoms with Crippen LogP contribution in [-0.4, -0.2) is 5.78 Å². The van der Waals surface area contributed by atoms with E-state index in [0.717, 1.165) is 12.8 Å². The number of ketones is 1. The molecule has 0 heterocycles. The number of hydrogen-bond donors (Lipinski definition) is 0. The Kier molecular flexibility index (Phi) is 8.38. The van der Waals surface area contributed by atoms with E-state index in [0.29, 0.717) is 11.7 Å². The highest BCUT2D eigenvalue weighted by molar-refractivity contribution is 5.78. The predicted octanol–water partition coefficient (Wildman–Crippen LogP) is 5.28. The van der Waals surface area contributed by atoms with Crippen LogP contribution in [0.15, 0.2) is 0 Å². The molecule has 1 fully saturated rings. The van der Waals surface area contributed by atoms with Crippen molar-refractivity contribution in [2.75, 3.05) is 0 Å². The summed E-state index contributed by atoms with van der Waals surface area (Å²) in [6, 6.07) is 0. The minimum Gasteiger partial charge on any atom is -0.300 e. The molecule has 0 unspecified atom stereocenters. The van der Waals surface area contributed by atoms with Crippen LogP contribution in [0.25, 0.3) is 0 Å². The Bertz CT molecular complexity index is 184. The van der Waals surface area contributed by atoms with Gasteiger partial charge in [-0.1, -0.05) is 70.6 Å². The molecule has 0 aromatic heterocycles. The van der Waals surface area contributed by atoms with Crippen LogP contribution in [0.5, 0.6) is 0 Å². The molecule has 0 aromatic carbocycles. The van der Waals surface area contributed by atoms with Crippen molar-refractivity contribution < 1.29 is 4.79 Å². The van der Waals surface area contributed by atoms with Crippen LogP contribution in [0, 0.1) is 5.92 Å². The summed E-state index contributed by atoms with van der Waals surface area (Å²) in [6.07, 6.45) is 17.4. The molecule has 100 valence electrons. The quantitative estimate of drug-likeness (QED) is 0.607. The Morgan fingerprint density at radius 1 is 0.647 bits per heavy atom. The van der Waals surface area contributed by atoms with Crippen LogP contribution in [0.2, 0.25) is 0 Å². The largest absolute Gasteiger partial charge is 0.300 e. The van der Waals surface area contributed by atoms with Crippen molar-refractivity contribution >= 4 is 5.78 Å². The zero-order valence-corrected chi connectivity index (χ0v) is 11.7. The van der Waals surface area contributed by atoms with Crippen LogP contribution >= 0.6 is 0 Å². The molecule has 1 nitrogen and oxygen atoms in total. The lowest BCUT2D eigenvalue weighted by molar-refractivity contribution is -0.121. The number of carbonyl (C=O) groups is 1. The summed E-state index contributed by atoms with van der Waals surface area (Å²) in [6.45, 7) is 1.79. The average Bonchev–Trinajstić information content (AvgIpc) is 2.31. The van der Waals surface area contributed by atoms with E-state index in [1.807, 2.05) is 0 Å². The molecule has 1 aliphatic carbocycles. The van der Waals surface area contributed by atoms with Crippen molar-refractivity contribution in [3.8, 4) is 0 Å². The van der Waals surface area contributed by atoms with E-state index in [2.05, 4.69) is 0 Å². The van der Waals surface area contributed by atoms with Gasteiger partial charge in [-0.3, -0.25) is 4.79 Å². The second kappa shape index (κ2) is 9.67. The van der Waals surface area contributed by atoms with Gasteiger partial charge >= 0.3 is 0 Å². The zero-order valence-electron chi connectivity index (χ0n) is 11.7. The molecular weight excluding hydrogens is 208 g/mol. The first-order chi connectivity index (χ1) is 8.30. The summed E-state index contributed by atoms with van der Waals surface area (Å²) >= 11 is 0. The van der Waals surface area contributed by atoms with Gasteiger partial charge in [0.2, 0.25) is 0 Å². The normalized spacial score (nSPS) is 22.9. The van der Waals surface area contributed by atoms with Crippen LogP contribution in [0.1, 0.15) is 90.4 Å². The monoisotopic (exact) mass is 238 g/mol. The Morgan fingerprint density at radius 3 is 1.24 bits per heavy atom. The third-order valence-corrected chi connectivity index (χ3v) is 4.18. The fourth-order valence-electron chi connectivity index (χ4n) is 2.92. The lowest BCUT2D eigenvalue weighted by Gasteiger charge is -2.14. The minimum absolute atomic E-state index is 0.373. The van der Waals surface area contributed by atoms with Crippen molar-refractivity contribution in [1.82, 2.24) is 0 Å². The highest BCUT2D eigenvalue weighted by Gasteiger charge is 2.13. The van der Waals surface area contributed by atoms with Gasteiger partial charge in [0, 0.05) is 5.92 Å². The van der Waals surface area contributed by atoms with E-state index in [4.69, 9.17) is 0 Å². The van der Waals surface area contributed by atoms with Gasteiger partial charge in [-0.25, -0.2) is 0 Å². The van der Waals surface area contributed by atoms with Crippen LogP contribution in [0.4, 0.5) is 0 Å². The van der Waals surface area contributed by atoms with Gasteiger partial charge in [-0.15, -0.1) is 0 Å². The van der Waals surface area contributed by atoms with Crippen molar-refractivity contribution in [2.45, 2.75) is 90.4 Å². The molecule has 1 rings (SSSR count). The molecule has 0 saturated heterocycles. The summed E-state index contributed by atoms with van der Waals surface area (Å²) < 4.78 is 0. The van der Waals surface area contributed by atoms with Gasteiger partial charge in [-0.05, 0) is 19.8 Å².